The summed E-state index contributed by atoms with van der Waals surface area (Å²) in [6.07, 6.45) is -2.46. The van der Waals surface area contributed by atoms with Gasteiger partial charge >= 0.3 is 6.18 Å². The van der Waals surface area contributed by atoms with E-state index >= 15 is 0 Å². The Bertz CT molecular complexity index is 811. The van der Waals surface area contributed by atoms with Crippen molar-refractivity contribution in [3.8, 4) is 5.75 Å². The highest BCUT2D eigenvalue weighted by molar-refractivity contribution is 5.82. The van der Waals surface area contributed by atoms with E-state index in [1.165, 1.54) is 12.1 Å². The Morgan fingerprint density at radius 1 is 1.04 bits per heavy atom. The van der Waals surface area contributed by atoms with Gasteiger partial charge in [-0.15, -0.1) is 0 Å². The van der Waals surface area contributed by atoms with E-state index < -0.39 is 11.7 Å². The molecular weight excluding hydrogens is 317 g/mol. The largest absolute Gasteiger partial charge is 0.492 e. The topological polar surface area (TPSA) is 37.0 Å². The molecule has 6 heteroatoms. The number of rotatable bonds is 6. The van der Waals surface area contributed by atoms with Crippen LogP contribution in [0.15, 0.2) is 54.7 Å². The normalized spacial score (nSPS) is 11.8. The number of fused-ring (bicyclic) bond motifs is 1. The molecule has 0 fully saturated rings. The van der Waals surface area contributed by atoms with E-state index in [-0.39, 0.29) is 5.75 Å². The van der Waals surface area contributed by atoms with Crippen molar-refractivity contribution in [1.82, 2.24) is 10.3 Å². The van der Waals surface area contributed by atoms with E-state index in [1.807, 2.05) is 30.5 Å². The summed E-state index contributed by atoms with van der Waals surface area (Å²) in [6.45, 7) is 1.49. The molecule has 0 spiro atoms. The smallest absolute Gasteiger partial charge is 0.416 e. The number of ether oxygens (including phenoxy) is 1. The van der Waals surface area contributed by atoms with Gasteiger partial charge in [0, 0.05) is 24.8 Å². The maximum atomic E-state index is 12.6. The fraction of sp³-hybridized carbons (Fsp3) is 0.222. The second kappa shape index (κ2) is 6.97. The molecular formula is C18H17F3N2O. The molecule has 0 aliphatic heterocycles. The zero-order valence-electron chi connectivity index (χ0n) is 12.9. The second-order valence-electron chi connectivity index (χ2n) is 5.41. The number of hydrogen-bond acceptors (Lipinski definition) is 2. The van der Waals surface area contributed by atoms with Crippen LogP contribution in [0.2, 0.25) is 0 Å². The minimum atomic E-state index is -4.35. The summed E-state index contributed by atoms with van der Waals surface area (Å²) in [5.74, 6) is 0.220. The third-order valence-electron chi connectivity index (χ3n) is 3.70. The van der Waals surface area contributed by atoms with Gasteiger partial charge < -0.3 is 15.0 Å². The van der Waals surface area contributed by atoms with Crippen molar-refractivity contribution >= 4 is 10.9 Å². The molecule has 24 heavy (non-hydrogen) atoms. The molecule has 0 atom stereocenters. The van der Waals surface area contributed by atoms with E-state index in [0.717, 1.165) is 28.6 Å². The minimum absolute atomic E-state index is 0.220. The molecule has 1 heterocycles. The zero-order chi connectivity index (χ0) is 17.0. The summed E-state index contributed by atoms with van der Waals surface area (Å²) in [5.41, 5.74) is 1.52. The standard InChI is InChI=1S/C18H17F3N2O/c19-18(20,21)15-5-2-6-16(11-15)24-10-9-22-12-14-4-1-3-13-7-8-23-17(13)14/h1-8,11,22-23H,9-10,12H2. The molecule has 0 saturated carbocycles. The Hall–Kier alpha value is -2.47. The highest BCUT2D eigenvalue weighted by Gasteiger charge is 2.30. The van der Waals surface area contributed by atoms with Crippen LogP contribution in [0.1, 0.15) is 11.1 Å². The zero-order valence-corrected chi connectivity index (χ0v) is 12.9. The molecule has 1 aromatic heterocycles. The van der Waals surface area contributed by atoms with Crippen molar-refractivity contribution < 1.29 is 17.9 Å². The highest BCUT2D eigenvalue weighted by Crippen LogP contribution is 2.31. The summed E-state index contributed by atoms with van der Waals surface area (Å²) in [7, 11) is 0. The van der Waals surface area contributed by atoms with Gasteiger partial charge in [0.05, 0.1) is 5.56 Å². The molecule has 3 rings (SSSR count). The summed E-state index contributed by atoms with van der Waals surface area (Å²) >= 11 is 0. The van der Waals surface area contributed by atoms with E-state index in [9.17, 15) is 13.2 Å². The number of halogens is 3. The molecule has 0 radical (unpaired) electrons. The Balaban J connectivity index is 1.48. The maximum absolute atomic E-state index is 12.6. The van der Waals surface area contributed by atoms with Crippen molar-refractivity contribution in [3.63, 3.8) is 0 Å². The first kappa shape index (κ1) is 16.4. The SMILES string of the molecule is FC(F)(F)c1cccc(OCCNCc2cccc3cc[nH]c23)c1. The summed E-state index contributed by atoms with van der Waals surface area (Å²) in [6, 6.07) is 13.0. The first-order valence-corrected chi connectivity index (χ1v) is 7.60. The first-order chi connectivity index (χ1) is 11.5. The number of benzene rings is 2. The number of para-hydroxylation sites is 1. The number of H-pyrrole nitrogens is 1. The van der Waals surface area contributed by atoms with Crippen LogP contribution in [0.4, 0.5) is 13.2 Å². The Labute approximate surface area is 137 Å². The van der Waals surface area contributed by atoms with Crippen molar-refractivity contribution in [1.29, 1.82) is 0 Å². The molecule has 126 valence electrons. The summed E-state index contributed by atoms with van der Waals surface area (Å²) in [4.78, 5) is 3.20. The highest BCUT2D eigenvalue weighted by atomic mass is 19.4. The predicted molar refractivity (Wildman–Crippen MR) is 86.9 cm³/mol. The monoisotopic (exact) mass is 334 g/mol. The molecule has 3 nitrogen and oxygen atoms in total. The maximum Gasteiger partial charge on any atom is 0.416 e. The van der Waals surface area contributed by atoms with Crippen molar-refractivity contribution in [2.45, 2.75) is 12.7 Å². The third kappa shape index (κ3) is 3.89. The van der Waals surface area contributed by atoms with Gasteiger partial charge in [-0.25, -0.2) is 0 Å². The Kier molecular flexibility index (Phi) is 4.76. The number of aromatic amines is 1. The fourth-order valence-corrected chi connectivity index (χ4v) is 2.52. The average molecular weight is 334 g/mol. The van der Waals surface area contributed by atoms with Crippen molar-refractivity contribution in [2.75, 3.05) is 13.2 Å². The van der Waals surface area contributed by atoms with Gasteiger partial charge in [0.25, 0.3) is 0 Å². The Morgan fingerprint density at radius 3 is 2.71 bits per heavy atom. The lowest BCUT2D eigenvalue weighted by molar-refractivity contribution is -0.137. The number of nitrogens with one attached hydrogen (secondary N) is 2. The van der Waals surface area contributed by atoms with E-state index in [4.69, 9.17) is 4.74 Å². The van der Waals surface area contributed by atoms with Crippen molar-refractivity contribution in [3.05, 3.63) is 65.9 Å². The quantitative estimate of drug-likeness (QED) is 0.658. The number of hydrogen-bond donors (Lipinski definition) is 2. The molecule has 2 N–H and O–H groups in total. The van der Waals surface area contributed by atoms with E-state index in [1.54, 1.807) is 0 Å². The number of alkyl halides is 3. The molecule has 0 amide bonds. The molecule has 0 unspecified atom stereocenters. The lowest BCUT2D eigenvalue weighted by atomic mass is 10.1. The minimum Gasteiger partial charge on any atom is -0.492 e. The van der Waals surface area contributed by atoms with Crippen LogP contribution in [-0.2, 0) is 12.7 Å². The molecule has 3 aromatic rings. The van der Waals surface area contributed by atoms with Crippen LogP contribution in [0.3, 0.4) is 0 Å². The second-order valence-corrected chi connectivity index (χ2v) is 5.41. The van der Waals surface area contributed by atoms with Gasteiger partial charge in [0.15, 0.2) is 0 Å². The molecule has 2 aromatic carbocycles. The fourth-order valence-electron chi connectivity index (χ4n) is 2.52. The molecule has 0 aliphatic rings. The number of aromatic nitrogens is 1. The molecule has 0 bridgehead atoms. The summed E-state index contributed by atoms with van der Waals surface area (Å²) in [5, 5.41) is 4.38. The van der Waals surface area contributed by atoms with Gasteiger partial charge in [-0.3, -0.25) is 0 Å². The predicted octanol–water partition coefficient (Wildman–Crippen LogP) is 4.36. The molecule has 0 saturated heterocycles. The van der Waals surface area contributed by atoms with Gasteiger partial charge in [0.2, 0.25) is 0 Å². The first-order valence-electron chi connectivity index (χ1n) is 7.60. The lowest BCUT2D eigenvalue weighted by Gasteiger charge is -2.11. The van der Waals surface area contributed by atoms with Crippen LogP contribution in [0, 0.1) is 0 Å². The van der Waals surface area contributed by atoms with Crippen LogP contribution >= 0.6 is 0 Å². The van der Waals surface area contributed by atoms with Crippen LogP contribution < -0.4 is 10.1 Å². The Morgan fingerprint density at radius 2 is 1.88 bits per heavy atom. The van der Waals surface area contributed by atoms with Crippen LogP contribution in [0.5, 0.6) is 5.75 Å². The van der Waals surface area contributed by atoms with E-state index in [2.05, 4.69) is 10.3 Å². The van der Waals surface area contributed by atoms with Gasteiger partial charge in [-0.1, -0.05) is 24.3 Å². The van der Waals surface area contributed by atoms with Crippen LogP contribution in [0.25, 0.3) is 10.9 Å². The average Bonchev–Trinajstić information content (AvgIpc) is 3.03. The van der Waals surface area contributed by atoms with Gasteiger partial charge in [-0.05, 0) is 35.2 Å². The summed E-state index contributed by atoms with van der Waals surface area (Å²) < 4.78 is 43.3. The lowest BCUT2D eigenvalue weighted by Crippen LogP contribution is -2.20. The van der Waals surface area contributed by atoms with E-state index in [0.29, 0.717) is 19.7 Å². The molecule has 0 aliphatic carbocycles. The van der Waals surface area contributed by atoms with Gasteiger partial charge in [-0.2, -0.15) is 13.2 Å². The van der Waals surface area contributed by atoms with Crippen molar-refractivity contribution in [2.24, 2.45) is 0 Å². The third-order valence-corrected chi connectivity index (χ3v) is 3.70. The van der Waals surface area contributed by atoms with Crippen LogP contribution in [-0.4, -0.2) is 18.1 Å². The van der Waals surface area contributed by atoms with Gasteiger partial charge in [0.1, 0.15) is 12.4 Å².